The molecule has 2 heterocycles. The minimum Gasteiger partial charge on any atom is -0.369 e. The van der Waals surface area contributed by atoms with Crippen LogP contribution in [0.4, 0.5) is 5.82 Å². The zero-order valence-electron chi connectivity index (χ0n) is 12.6. The molecule has 1 aliphatic heterocycles. The molecule has 2 atom stereocenters. The number of amides is 1. The molecule has 1 amide bonds. The predicted molar refractivity (Wildman–Crippen MR) is 79.7 cm³/mol. The highest BCUT2D eigenvalue weighted by atomic mass is 16.2. The van der Waals surface area contributed by atoms with Gasteiger partial charge in [-0.1, -0.05) is 13.8 Å². The summed E-state index contributed by atoms with van der Waals surface area (Å²) in [5.41, 5.74) is 0.438. The van der Waals surface area contributed by atoms with Crippen LogP contribution in [-0.4, -0.2) is 39.9 Å². The van der Waals surface area contributed by atoms with Gasteiger partial charge in [0.15, 0.2) is 0 Å². The van der Waals surface area contributed by atoms with Crippen LogP contribution in [0.25, 0.3) is 0 Å². The average molecular weight is 276 g/mol. The Balaban J connectivity index is 2.05. The topological polar surface area (TPSA) is 58.1 Å². The molecule has 2 rings (SSSR count). The molecule has 1 aromatic rings. The van der Waals surface area contributed by atoms with E-state index in [4.69, 9.17) is 0 Å². The summed E-state index contributed by atoms with van der Waals surface area (Å²) in [5, 5.41) is 3.16. The van der Waals surface area contributed by atoms with E-state index in [9.17, 15) is 4.79 Å². The fourth-order valence-corrected chi connectivity index (χ4v) is 2.55. The minimum atomic E-state index is -0.00130. The first-order valence-corrected chi connectivity index (χ1v) is 7.50. The van der Waals surface area contributed by atoms with Crippen LogP contribution in [0, 0.1) is 5.92 Å². The van der Waals surface area contributed by atoms with E-state index in [1.54, 1.807) is 12.4 Å². The van der Waals surface area contributed by atoms with Crippen LogP contribution in [-0.2, 0) is 0 Å². The van der Waals surface area contributed by atoms with E-state index >= 15 is 0 Å². The number of aromatic nitrogens is 2. The molecule has 1 aromatic heterocycles. The molecular formula is C15H24N4O. The average Bonchev–Trinajstić information content (AvgIpc) is 2.48. The number of piperidine rings is 1. The van der Waals surface area contributed by atoms with Crippen molar-refractivity contribution in [3.05, 3.63) is 18.1 Å². The summed E-state index contributed by atoms with van der Waals surface area (Å²) < 4.78 is 0. The monoisotopic (exact) mass is 276 g/mol. The van der Waals surface area contributed by atoms with Crippen LogP contribution in [0.3, 0.4) is 0 Å². The Hall–Kier alpha value is -1.65. The predicted octanol–water partition coefficient (Wildman–Crippen LogP) is 2.56. The molecule has 5 nitrogen and oxygen atoms in total. The quantitative estimate of drug-likeness (QED) is 0.918. The van der Waals surface area contributed by atoms with Crippen molar-refractivity contribution in [2.24, 2.45) is 5.92 Å². The van der Waals surface area contributed by atoms with Gasteiger partial charge in [-0.3, -0.25) is 4.79 Å². The van der Waals surface area contributed by atoms with Crippen molar-refractivity contribution >= 4 is 11.7 Å². The SMILES string of the molecule is CCCNc1cnc(C(=O)N2CCCC(C)C2C)cn1. The van der Waals surface area contributed by atoms with Crippen LogP contribution in [0.2, 0.25) is 0 Å². The Labute approximate surface area is 120 Å². The molecule has 20 heavy (non-hydrogen) atoms. The fourth-order valence-electron chi connectivity index (χ4n) is 2.55. The fraction of sp³-hybridized carbons (Fsp3) is 0.667. The van der Waals surface area contributed by atoms with Crippen molar-refractivity contribution in [1.82, 2.24) is 14.9 Å². The highest BCUT2D eigenvalue weighted by Crippen LogP contribution is 2.24. The maximum atomic E-state index is 12.5. The van der Waals surface area contributed by atoms with Gasteiger partial charge in [0.1, 0.15) is 11.5 Å². The van der Waals surface area contributed by atoms with Gasteiger partial charge in [-0.2, -0.15) is 0 Å². The van der Waals surface area contributed by atoms with E-state index < -0.39 is 0 Å². The Morgan fingerprint density at radius 1 is 1.40 bits per heavy atom. The molecule has 0 bridgehead atoms. The molecule has 110 valence electrons. The summed E-state index contributed by atoms with van der Waals surface area (Å²) in [6.07, 6.45) is 6.51. The van der Waals surface area contributed by atoms with Gasteiger partial charge in [0.25, 0.3) is 5.91 Å². The lowest BCUT2D eigenvalue weighted by atomic mass is 9.92. The standard InChI is InChI=1S/C15H24N4O/c1-4-7-16-14-10-17-13(9-18-14)15(20)19-8-5-6-11(2)12(19)3/h9-12H,4-8H2,1-3H3,(H,16,18). The van der Waals surface area contributed by atoms with Crippen molar-refractivity contribution in [2.45, 2.75) is 46.1 Å². The maximum absolute atomic E-state index is 12.5. The second kappa shape index (κ2) is 6.68. The van der Waals surface area contributed by atoms with Crippen molar-refractivity contribution in [1.29, 1.82) is 0 Å². The van der Waals surface area contributed by atoms with Crippen molar-refractivity contribution in [2.75, 3.05) is 18.4 Å². The first-order chi connectivity index (χ1) is 9.63. The van der Waals surface area contributed by atoms with E-state index in [1.807, 2.05) is 4.90 Å². The molecule has 1 fully saturated rings. The number of rotatable bonds is 4. The van der Waals surface area contributed by atoms with Gasteiger partial charge < -0.3 is 10.2 Å². The number of nitrogens with one attached hydrogen (secondary N) is 1. The van der Waals surface area contributed by atoms with Crippen LogP contribution < -0.4 is 5.32 Å². The number of anilines is 1. The zero-order valence-corrected chi connectivity index (χ0v) is 12.6. The first kappa shape index (κ1) is 14.8. The van der Waals surface area contributed by atoms with E-state index in [-0.39, 0.29) is 11.9 Å². The smallest absolute Gasteiger partial charge is 0.274 e. The molecule has 0 radical (unpaired) electrons. The number of carbonyl (C=O) groups is 1. The summed E-state index contributed by atoms with van der Waals surface area (Å²) in [4.78, 5) is 22.9. The lowest BCUT2D eigenvalue weighted by Gasteiger charge is -2.37. The highest BCUT2D eigenvalue weighted by Gasteiger charge is 2.29. The number of carbonyl (C=O) groups excluding carboxylic acids is 1. The Morgan fingerprint density at radius 2 is 2.20 bits per heavy atom. The Morgan fingerprint density at radius 3 is 2.85 bits per heavy atom. The third kappa shape index (κ3) is 3.26. The number of hydrogen-bond donors (Lipinski definition) is 1. The lowest BCUT2D eigenvalue weighted by Crippen LogP contribution is -2.46. The number of nitrogens with zero attached hydrogens (tertiary/aromatic N) is 3. The van der Waals surface area contributed by atoms with Crippen LogP contribution in [0.15, 0.2) is 12.4 Å². The maximum Gasteiger partial charge on any atom is 0.274 e. The highest BCUT2D eigenvalue weighted by molar-refractivity contribution is 5.92. The van der Waals surface area contributed by atoms with Crippen molar-refractivity contribution in [3.63, 3.8) is 0 Å². The lowest BCUT2D eigenvalue weighted by molar-refractivity contribution is 0.0544. The molecule has 1 N–H and O–H groups in total. The van der Waals surface area contributed by atoms with Crippen molar-refractivity contribution in [3.8, 4) is 0 Å². The summed E-state index contributed by atoms with van der Waals surface area (Å²) in [6.45, 7) is 8.10. The Kier molecular flexibility index (Phi) is 4.93. The molecule has 1 saturated heterocycles. The molecule has 2 unspecified atom stereocenters. The summed E-state index contributed by atoms with van der Waals surface area (Å²) in [6, 6.07) is 0.274. The van der Waals surface area contributed by atoms with Gasteiger partial charge in [0.2, 0.25) is 0 Å². The van der Waals surface area contributed by atoms with Gasteiger partial charge in [-0.05, 0) is 32.1 Å². The molecular weight excluding hydrogens is 252 g/mol. The minimum absolute atomic E-state index is 0.00130. The van der Waals surface area contributed by atoms with Crippen LogP contribution in [0.1, 0.15) is 50.5 Å². The van der Waals surface area contributed by atoms with E-state index in [1.165, 1.54) is 6.42 Å². The second-order valence-corrected chi connectivity index (χ2v) is 5.57. The van der Waals surface area contributed by atoms with Gasteiger partial charge in [-0.15, -0.1) is 0 Å². The molecule has 0 aromatic carbocycles. The summed E-state index contributed by atoms with van der Waals surface area (Å²) in [7, 11) is 0. The van der Waals surface area contributed by atoms with Crippen molar-refractivity contribution < 1.29 is 4.79 Å². The van der Waals surface area contributed by atoms with E-state index in [0.29, 0.717) is 11.6 Å². The van der Waals surface area contributed by atoms with E-state index in [0.717, 1.165) is 31.7 Å². The molecule has 0 saturated carbocycles. The third-order valence-electron chi connectivity index (χ3n) is 4.06. The third-order valence-corrected chi connectivity index (χ3v) is 4.06. The molecule has 5 heteroatoms. The second-order valence-electron chi connectivity index (χ2n) is 5.57. The molecule has 0 spiro atoms. The first-order valence-electron chi connectivity index (χ1n) is 7.50. The molecule has 1 aliphatic rings. The number of likely N-dealkylation sites (tertiary alicyclic amines) is 1. The van der Waals surface area contributed by atoms with Gasteiger partial charge in [0, 0.05) is 19.1 Å². The molecule has 0 aliphatic carbocycles. The van der Waals surface area contributed by atoms with E-state index in [2.05, 4.69) is 36.1 Å². The Bertz CT molecular complexity index is 446. The van der Waals surface area contributed by atoms with Gasteiger partial charge in [0.05, 0.1) is 12.4 Å². The van der Waals surface area contributed by atoms with Crippen LogP contribution >= 0.6 is 0 Å². The van der Waals surface area contributed by atoms with Crippen LogP contribution in [0.5, 0.6) is 0 Å². The zero-order chi connectivity index (χ0) is 14.5. The number of hydrogen-bond acceptors (Lipinski definition) is 4. The summed E-state index contributed by atoms with van der Waals surface area (Å²) in [5.74, 6) is 1.27. The summed E-state index contributed by atoms with van der Waals surface area (Å²) >= 11 is 0. The van der Waals surface area contributed by atoms with Gasteiger partial charge >= 0.3 is 0 Å². The largest absolute Gasteiger partial charge is 0.369 e. The normalized spacial score (nSPS) is 22.6. The van der Waals surface area contributed by atoms with Gasteiger partial charge in [-0.25, -0.2) is 9.97 Å².